The number of benzene rings is 7. The molecule has 0 fully saturated rings. The molecule has 1 aliphatic rings. The van der Waals surface area contributed by atoms with Crippen molar-refractivity contribution in [2.24, 2.45) is 0 Å². The molecule has 1 N–H and O–H groups in total. The molecule has 4 heteroatoms. The Morgan fingerprint density at radius 1 is 0.600 bits per heavy atom. The van der Waals surface area contributed by atoms with Gasteiger partial charge in [-0.2, -0.15) is 0 Å². The molecule has 10 rings (SSSR count). The molecule has 1 unspecified atom stereocenters. The molecule has 50 heavy (non-hydrogen) atoms. The van der Waals surface area contributed by atoms with Gasteiger partial charge >= 0.3 is 0 Å². The second-order valence-electron chi connectivity index (χ2n) is 13.1. The van der Waals surface area contributed by atoms with Crippen LogP contribution >= 0.6 is 0 Å². The monoisotopic (exact) mass is 644 g/mol. The number of furan rings is 1. The van der Waals surface area contributed by atoms with E-state index in [9.17, 15) is 5.21 Å². The van der Waals surface area contributed by atoms with E-state index in [1.54, 1.807) is 0 Å². The van der Waals surface area contributed by atoms with Crippen molar-refractivity contribution in [1.82, 2.24) is 4.57 Å². The van der Waals surface area contributed by atoms with Crippen molar-refractivity contribution in [3.63, 3.8) is 0 Å². The summed E-state index contributed by atoms with van der Waals surface area (Å²) in [5.74, 6) is 0.887. The predicted molar refractivity (Wildman–Crippen MR) is 205 cm³/mol. The van der Waals surface area contributed by atoms with E-state index in [0.717, 1.165) is 55.8 Å². The Hall–Kier alpha value is -6.36. The summed E-state index contributed by atoms with van der Waals surface area (Å²) in [7, 11) is 0. The average Bonchev–Trinajstić information content (AvgIpc) is 3.73. The fraction of sp³-hybridized carbons (Fsp3) is 0.0435. The summed E-state index contributed by atoms with van der Waals surface area (Å²) in [6.45, 7) is 0. The van der Waals surface area contributed by atoms with Crippen molar-refractivity contribution >= 4 is 54.9 Å². The quantitative estimate of drug-likeness (QED) is 0.190. The molecule has 0 spiro atoms. The molecule has 0 amide bonds. The van der Waals surface area contributed by atoms with Gasteiger partial charge in [-0.25, -0.2) is 5.06 Å². The van der Waals surface area contributed by atoms with Crippen molar-refractivity contribution in [2.75, 3.05) is 5.06 Å². The number of nitrogens with zero attached hydrogens (tertiary/aromatic N) is 2. The summed E-state index contributed by atoms with van der Waals surface area (Å²) in [4.78, 5) is 0. The molecule has 1 aliphatic carbocycles. The van der Waals surface area contributed by atoms with Crippen LogP contribution in [0.15, 0.2) is 174 Å². The first-order valence-corrected chi connectivity index (χ1v) is 17.1. The number of hydrogen-bond donors (Lipinski definition) is 1. The summed E-state index contributed by atoms with van der Waals surface area (Å²) >= 11 is 0. The standard InChI is InChI=1S/C46H32N2O2/c49-48(43-27-34(33-23-22-30-12-4-5-15-32(30)26-33)28-45-46(43)38-18-8-11-21-44(38)50-45)42-25-24-35(29-39(42)31-13-2-1-3-14-31)47-40-19-9-6-16-36(40)37-17-7-10-20-41(37)47/h1-27,29,34,49H,28H2. The van der Waals surface area contributed by atoms with Crippen molar-refractivity contribution in [3.05, 3.63) is 187 Å². The van der Waals surface area contributed by atoms with Gasteiger partial charge in [0.1, 0.15) is 11.3 Å². The summed E-state index contributed by atoms with van der Waals surface area (Å²) < 4.78 is 8.85. The Morgan fingerprint density at radius 3 is 2.04 bits per heavy atom. The number of allylic oxidation sites excluding steroid dienone is 1. The lowest BCUT2D eigenvalue weighted by atomic mass is 9.85. The van der Waals surface area contributed by atoms with Crippen LogP contribution in [-0.4, -0.2) is 9.77 Å². The van der Waals surface area contributed by atoms with Crippen LogP contribution in [0, 0.1) is 0 Å². The maximum atomic E-state index is 12.5. The minimum atomic E-state index is 0.00868. The lowest BCUT2D eigenvalue weighted by molar-refractivity contribution is 0.303. The van der Waals surface area contributed by atoms with E-state index in [2.05, 4.69) is 132 Å². The molecule has 2 heterocycles. The van der Waals surface area contributed by atoms with Gasteiger partial charge in [0.05, 0.1) is 22.4 Å². The zero-order chi connectivity index (χ0) is 33.2. The highest BCUT2D eigenvalue weighted by Crippen LogP contribution is 2.45. The van der Waals surface area contributed by atoms with E-state index in [1.807, 2.05) is 42.5 Å². The third kappa shape index (κ3) is 4.50. The van der Waals surface area contributed by atoms with Crippen molar-refractivity contribution in [1.29, 1.82) is 0 Å². The van der Waals surface area contributed by atoms with Gasteiger partial charge in [-0.15, -0.1) is 0 Å². The fourth-order valence-electron chi connectivity index (χ4n) is 7.91. The Kier molecular flexibility index (Phi) is 6.51. The Bertz CT molecular complexity index is 2720. The minimum Gasteiger partial charge on any atom is -0.460 e. The molecule has 238 valence electrons. The lowest BCUT2D eigenvalue weighted by Crippen LogP contribution is -2.22. The van der Waals surface area contributed by atoms with Gasteiger partial charge in [0.15, 0.2) is 0 Å². The van der Waals surface area contributed by atoms with Crippen LogP contribution in [0.3, 0.4) is 0 Å². The van der Waals surface area contributed by atoms with Crippen LogP contribution in [0.5, 0.6) is 0 Å². The van der Waals surface area contributed by atoms with E-state index in [0.29, 0.717) is 12.1 Å². The Labute approximate surface area is 289 Å². The number of anilines is 1. The first kappa shape index (κ1) is 28.6. The molecule has 7 aromatic carbocycles. The van der Waals surface area contributed by atoms with E-state index >= 15 is 0 Å². The molecule has 2 aromatic heterocycles. The number of hydrogen-bond acceptors (Lipinski definition) is 3. The topological polar surface area (TPSA) is 41.5 Å². The van der Waals surface area contributed by atoms with Crippen LogP contribution in [0.25, 0.3) is 66.1 Å². The molecule has 0 saturated carbocycles. The molecule has 1 atom stereocenters. The van der Waals surface area contributed by atoms with E-state index in [1.165, 1.54) is 32.2 Å². The zero-order valence-corrected chi connectivity index (χ0v) is 27.2. The first-order chi connectivity index (χ1) is 24.7. The highest BCUT2D eigenvalue weighted by Gasteiger charge is 2.31. The predicted octanol–water partition coefficient (Wildman–Crippen LogP) is 11.9. The van der Waals surface area contributed by atoms with Crippen LogP contribution in [-0.2, 0) is 6.42 Å². The highest BCUT2D eigenvalue weighted by molar-refractivity contribution is 6.09. The second kappa shape index (κ2) is 11.4. The Morgan fingerprint density at radius 2 is 1.26 bits per heavy atom. The van der Waals surface area contributed by atoms with Gasteiger partial charge in [-0.1, -0.05) is 127 Å². The normalized spacial score (nSPS) is 14.3. The number of para-hydroxylation sites is 3. The van der Waals surface area contributed by atoms with Gasteiger partial charge in [0.2, 0.25) is 0 Å². The van der Waals surface area contributed by atoms with Crippen molar-refractivity contribution < 1.29 is 9.62 Å². The largest absolute Gasteiger partial charge is 0.460 e. The third-order valence-corrected chi connectivity index (χ3v) is 10.3. The molecule has 9 aromatic rings. The Balaban J connectivity index is 1.17. The number of rotatable bonds is 5. The smallest absolute Gasteiger partial charge is 0.134 e. The molecular weight excluding hydrogens is 613 g/mol. The van der Waals surface area contributed by atoms with E-state index in [-0.39, 0.29) is 5.92 Å². The molecule has 0 radical (unpaired) electrons. The van der Waals surface area contributed by atoms with Gasteiger partial charge in [0.25, 0.3) is 0 Å². The molecule has 0 aliphatic heterocycles. The second-order valence-corrected chi connectivity index (χ2v) is 13.1. The molecular formula is C46H32N2O2. The maximum Gasteiger partial charge on any atom is 0.134 e. The summed E-state index contributed by atoms with van der Waals surface area (Å²) in [5.41, 5.74) is 9.61. The van der Waals surface area contributed by atoms with Gasteiger partial charge in [-0.3, -0.25) is 5.21 Å². The number of hydroxylamine groups is 1. The lowest BCUT2D eigenvalue weighted by Gasteiger charge is -2.29. The average molecular weight is 645 g/mol. The molecule has 4 nitrogen and oxygen atoms in total. The fourth-order valence-corrected chi connectivity index (χ4v) is 7.91. The van der Waals surface area contributed by atoms with Crippen molar-refractivity contribution in [3.8, 4) is 16.8 Å². The van der Waals surface area contributed by atoms with Crippen LogP contribution < -0.4 is 5.06 Å². The van der Waals surface area contributed by atoms with Crippen LogP contribution in [0.1, 0.15) is 22.8 Å². The van der Waals surface area contributed by atoms with Gasteiger partial charge in [-0.05, 0) is 64.4 Å². The van der Waals surface area contributed by atoms with Crippen LogP contribution in [0.2, 0.25) is 0 Å². The first-order valence-electron chi connectivity index (χ1n) is 17.1. The minimum absolute atomic E-state index is 0.00868. The van der Waals surface area contributed by atoms with E-state index in [4.69, 9.17) is 4.42 Å². The van der Waals surface area contributed by atoms with E-state index < -0.39 is 0 Å². The number of fused-ring (bicyclic) bond motifs is 7. The zero-order valence-electron chi connectivity index (χ0n) is 27.2. The highest BCUT2D eigenvalue weighted by atomic mass is 16.5. The summed E-state index contributed by atoms with van der Waals surface area (Å²) in [6, 6.07) is 57.0. The maximum absolute atomic E-state index is 12.5. The van der Waals surface area contributed by atoms with Crippen molar-refractivity contribution in [2.45, 2.75) is 12.3 Å². The summed E-state index contributed by atoms with van der Waals surface area (Å²) in [5, 5.41) is 19.7. The number of aromatic nitrogens is 1. The van der Waals surface area contributed by atoms with Gasteiger partial charge in [0, 0.05) is 45.3 Å². The molecule has 0 saturated heterocycles. The third-order valence-electron chi connectivity index (χ3n) is 10.3. The summed E-state index contributed by atoms with van der Waals surface area (Å²) in [6.07, 6.45) is 2.92. The molecule has 0 bridgehead atoms. The van der Waals surface area contributed by atoms with Gasteiger partial charge < -0.3 is 8.98 Å². The SMILES string of the molecule is ON(C1=CC(c2ccc3ccccc3c2)Cc2oc3ccccc3c21)c1ccc(-n2c3ccccc3c3ccccc32)cc1-c1ccccc1. The van der Waals surface area contributed by atoms with Crippen LogP contribution in [0.4, 0.5) is 5.69 Å².